The zero-order valence-electron chi connectivity index (χ0n) is 13.5. The van der Waals surface area contributed by atoms with Crippen LogP contribution in [0.4, 0.5) is 11.4 Å². The van der Waals surface area contributed by atoms with Crippen molar-refractivity contribution in [2.24, 2.45) is 10.3 Å². The average molecular weight is 387 g/mol. The molecular weight excluding hydrogens is 368 g/mol. The monoisotopic (exact) mass is 386 g/mol. The Labute approximate surface area is 150 Å². The third kappa shape index (κ3) is 4.20. The molecular formula is C18H19BrN4O. The van der Waals surface area contributed by atoms with Crippen molar-refractivity contribution < 1.29 is 4.79 Å². The number of piperazine rings is 1. The van der Waals surface area contributed by atoms with Crippen molar-refractivity contribution in [1.29, 1.82) is 0 Å². The van der Waals surface area contributed by atoms with Crippen molar-refractivity contribution >= 4 is 33.1 Å². The van der Waals surface area contributed by atoms with Crippen LogP contribution in [0.25, 0.3) is 0 Å². The van der Waals surface area contributed by atoms with Crippen LogP contribution in [0.2, 0.25) is 0 Å². The van der Waals surface area contributed by atoms with Crippen molar-refractivity contribution in [3.05, 3.63) is 58.6 Å². The number of nitrogens with zero attached hydrogens (tertiary/aromatic N) is 4. The van der Waals surface area contributed by atoms with E-state index in [0.29, 0.717) is 0 Å². The molecule has 0 radical (unpaired) electrons. The van der Waals surface area contributed by atoms with Gasteiger partial charge in [0.05, 0.1) is 18.8 Å². The largest absolute Gasteiger partial charge is 0.368 e. The highest BCUT2D eigenvalue weighted by Crippen LogP contribution is 2.20. The summed E-state index contributed by atoms with van der Waals surface area (Å²) in [5.41, 5.74) is 2.74. The molecule has 1 heterocycles. The average Bonchev–Trinajstić information content (AvgIpc) is 2.62. The number of ketones is 1. The Balaban J connectivity index is 1.55. The van der Waals surface area contributed by atoms with Gasteiger partial charge in [-0.1, -0.05) is 21.2 Å². The first-order valence-corrected chi connectivity index (χ1v) is 8.69. The lowest BCUT2D eigenvalue weighted by atomic mass is 10.1. The minimum Gasteiger partial charge on any atom is -0.368 e. The highest BCUT2D eigenvalue weighted by molar-refractivity contribution is 9.10. The number of rotatable bonds is 4. The molecule has 5 nitrogen and oxygen atoms in total. The molecule has 0 aromatic heterocycles. The number of benzene rings is 2. The molecule has 0 amide bonds. The van der Waals surface area contributed by atoms with E-state index in [-0.39, 0.29) is 5.78 Å². The molecule has 3 rings (SSSR count). The number of halogens is 1. The van der Waals surface area contributed by atoms with Crippen LogP contribution in [0.5, 0.6) is 0 Å². The van der Waals surface area contributed by atoms with E-state index in [1.54, 1.807) is 6.92 Å². The topological polar surface area (TPSA) is 48.3 Å². The fourth-order valence-corrected chi connectivity index (χ4v) is 2.84. The first-order chi connectivity index (χ1) is 11.6. The molecule has 1 aliphatic rings. The zero-order valence-corrected chi connectivity index (χ0v) is 15.1. The summed E-state index contributed by atoms with van der Waals surface area (Å²) in [5.74, 6) is 0.0970. The fourth-order valence-electron chi connectivity index (χ4n) is 2.57. The smallest absolute Gasteiger partial charge is 0.159 e. The van der Waals surface area contributed by atoms with Crippen LogP contribution >= 0.6 is 15.9 Å². The van der Waals surface area contributed by atoms with Crippen LogP contribution in [0.1, 0.15) is 17.3 Å². The van der Waals surface area contributed by atoms with Gasteiger partial charge in [0, 0.05) is 28.8 Å². The van der Waals surface area contributed by atoms with Gasteiger partial charge in [-0.3, -0.25) is 9.80 Å². The molecule has 2 aromatic carbocycles. The molecule has 1 saturated heterocycles. The van der Waals surface area contributed by atoms with Crippen molar-refractivity contribution in [3.8, 4) is 0 Å². The summed E-state index contributed by atoms with van der Waals surface area (Å²) >= 11 is 3.41. The van der Waals surface area contributed by atoms with E-state index < -0.39 is 0 Å². The van der Waals surface area contributed by atoms with Crippen LogP contribution in [0.15, 0.2) is 63.3 Å². The molecule has 0 N–H and O–H groups in total. The minimum atomic E-state index is 0.0970. The van der Waals surface area contributed by atoms with Crippen molar-refractivity contribution in [2.75, 3.05) is 31.1 Å². The van der Waals surface area contributed by atoms with E-state index >= 15 is 0 Å². The first kappa shape index (κ1) is 16.6. The van der Waals surface area contributed by atoms with Gasteiger partial charge in [-0.05, 0) is 55.5 Å². The fraction of sp³-hybridized carbons (Fsp3) is 0.278. The van der Waals surface area contributed by atoms with Crippen molar-refractivity contribution in [2.45, 2.75) is 6.92 Å². The Bertz CT molecular complexity index is 720. The molecule has 2 aromatic rings. The number of carbonyl (C=O) groups is 1. The SMILES string of the molecule is CC(=O)c1ccc(N2CCN(/N=N/c3ccc(Br)cc3)CC2)cc1. The van der Waals surface area contributed by atoms with Gasteiger partial charge in [0.2, 0.25) is 0 Å². The highest BCUT2D eigenvalue weighted by atomic mass is 79.9. The molecule has 0 saturated carbocycles. The zero-order chi connectivity index (χ0) is 16.9. The summed E-state index contributed by atoms with van der Waals surface area (Å²) in [6.07, 6.45) is 0. The highest BCUT2D eigenvalue weighted by Gasteiger charge is 2.16. The molecule has 0 spiro atoms. The molecule has 124 valence electrons. The number of carbonyl (C=O) groups excluding carboxylic acids is 1. The summed E-state index contributed by atoms with van der Waals surface area (Å²) in [7, 11) is 0. The summed E-state index contributed by atoms with van der Waals surface area (Å²) in [4.78, 5) is 13.6. The lowest BCUT2D eigenvalue weighted by Crippen LogP contribution is -2.43. The molecule has 0 aliphatic carbocycles. The third-order valence-electron chi connectivity index (χ3n) is 4.01. The van der Waals surface area contributed by atoms with E-state index in [4.69, 9.17) is 0 Å². The molecule has 0 bridgehead atoms. The molecule has 0 atom stereocenters. The van der Waals surface area contributed by atoms with Crippen molar-refractivity contribution in [3.63, 3.8) is 0 Å². The molecule has 0 unspecified atom stereocenters. The van der Waals surface area contributed by atoms with Crippen LogP contribution in [0.3, 0.4) is 0 Å². The Morgan fingerprint density at radius 1 is 0.958 bits per heavy atom. The Kier molecular flexibility index (Phi) is 5.25. The number of Topliss-reactive ketones (excluding diaryl/α,β-unsaturated/α-hetero) is 1. The maximum Gasteiger partial charge on any atom is 0.159 e. The van der Waals surface area contributed by atoms with Crippen LogP contribution < -0.4 is 4.90 Å². The van der Waals surface area contributed by atoms with Gasteiger partial charge in [0.25, 0.3) is 0 Å². The van der Waals surface area contributed by atoms with Gasteiger partial charge < -0.3 is 4.90 Å². The Morgan fingerprint density at radius 2 is 1.58 bits per heavy atom. The van der Waals surface area contributed by atoms with Gasteiger partial charge >= 0.3 is 0 Å². The summed E-state index contributed by atoms with van der Waals surface area (Å²) in [6.45, 7) is 5.02. The van der Waals surface area contributed by atoms with E-state index in [1.165, 1.54) is 0 Å². The van der Waals surface area contributed by atoms with Gasteiger partial charge in [-0.15, -0.1) is 5.11 Å². The van der Waals surface area contributed by atoms with Crippen LogP contribution in [0, 0.1) is 0 Å². The van der Waals surface area contributed by atoms with Gasteiger partial charge in [0.15, 0.2) is 5.78 Å². The molecule has 1 fully saturated rings. The second-order valence-corrected chi connectivity index (χ2v) is 6.63. The van der Waals surface area contributed by atoms with E-state index in [9.17, 15) is 4.79 Å². The normalized spacial score (nSPS) is 15.1. The Hall–Kier alpha value is -2.21. The quantitative estimate of drug-likeness (QED) is 0.575. The number of hydrogen-bond acceptors (Lipinski definition) is 4. The maximum absolute atomic E-state index is 11.3. The lowest BCUT2D eigenvalue weighted by Gasteiger charge is -2.33. The second kappa shape index (κ2) is 7.57. The van der Waals surface area contributed by atoms with E-state index in [0.717, 1.165) is 47.6 Å². The standard InChI is InChI=1S/C18H19BrN4O/c1-14(24)15-2-8-18(9-3-15)22-10-12-23(13-11-22)21-20-17-6-4-16(19)5-7-17/h2-9H,10-13H2,1H3/b21-20+. The number of hydrogen-bond donors (Lipinski definition) is 0. The first-order valence-electron chi connectivity index (χ1n) is 7.90. The predicted molar refractivity (Wildman–Crippen MR) is 98.9 cm³/mol. The van der Waals surface area contributed by atoms with Crippen LogP contribution in [-0.4, -0.2) is 37.0 Å². The Morgan fingerprint density at radius 3 is 2.17 bits per heavy atom. The summed E-state index contributed by atoms with van der Waals surface area (Å²) < 4.78 is 1.03. The minimum absolute atomic E-state index is 0.0970. The summed E-state index contributed by atoms with van der Waals surface area (Å²) in [5, 5.41) is 10.6. The van der Waals surface area contributed by atoms with Crippen LogP contribution in [-0.2, 0) is 0 Å². The van der Waals surface area contributed by atoms with Crippen molar-refractivity contribution in [1.82, 2.24) is 5.01 Å². The molecule has 24 heavy (non-hydrogen) atoms. The molecule has 1 aliphatic heterocycles. The second-order valence-electron chi connectivity index (χ2n) is 5.71. The van der Waals surface area contributed by atoms with Gasteiger partial charge in [-0.25, -0.2) is 0 Å². The van der Waals surface area contributed by atoms with E-state index in [2.05, 4.69) is 31.2 Å². The third-order valence-corrected chi connectivity index (χ3v) is 4.54. The van der Waals surface area contributed by atoms with E-state index in [1.807, 2.05) is 53.5 Å². The van der Waals surface area contributed by atoms with Gasteiger partial charge in [-0.2, -0.15) is 0 Å². The lowest BCUT2D eigenvalue weighted by molar-refractivity contribution is 0.101. The molecule has 6 heteroatoms. The summed E-state index contributed by atoms with van der Waals surface area (Å²) in [6, 6.07) is 15.6. The van der Waals surface area contributed by atoms with Gasteiger partial charge in [0.1, 0.15) is 0 Å². The maximum atomic E-state index is 11.3. The predicted octanol–water partition coefficient (Wildman–Crippen LogP) is 4.47. The number of anilines is 1.